The molecule has 2 aromatic rings. The molecule has 4 rings (SSSR count). The lowest BCUT2D eigenvalue weighted by Gasteiger charge is -2.37. The van der Waals surface area contributed by atoms with E-state index < -0.39 is 0 Å². The van der Waals surface area contributed by atoms with Crippen molar-refractivity contribution in [2.75, 3.05) is 25.0 Å². The van der Waals surface area contributed by atoms with Crippen molar-refractivity contribution in [1.82, 2.24) is 9.88 Å². The summed E-state index contributed by atoms with van der Waals surface area (Å²) in [6.07, 6.45) is 7.41. The van der Waals surface area contributed by atoms with Crippen LogP contribution in [0.25, 0.3) is 0 Å². The van der Waals surface area contributed by atoms with Crippen LogP contribution >= 0.6 is 11.8 Å². The number of benzene rings is 1. The van der Waals surface area contributed by atoms with Crippen LogP contribution in [0.5, 0.6) is 0 Å². The molecule has 2 saturated heterocycles. The molecule has 4 heteroatoms. The van der Waals surface area contributed by atoms with Gasteiger partial charge in [-0.25, -0.2) is 4.98 Å². The maximum atomic E-state index is 4.69. The third kappa shape index (κ3) is 3.45. The first-order valence-corrected chi connectivity index (χ1v) is 9.77. The van der Waals surface area contributed by atoms with Gasteiger partial charge in [0.05, 0.1) is 11.9 Å². The summed E-state index contributed by atoms with van der Waals surface area (Å²) in [6.45, 7) is 2.29. The highest BCUT2D eigenvalue weighted by Gasteiger charge is 2.32. The molecule has 3 nitrogen and oxygen atoms in total. The van der Waals surface area contributed by atoms with Gasteiger partial charge in [0.2, 0.25) is 0 Å². The number of anilines is 1. The molecule has 0 aliphatic carbocycles. The molecule has 2 unspecified atom stereocenters. The first-order valence-electron chi connectivity index (χ1n) is 8.95. The normalized spacial score (nSPS) is 24.6. The number of rotatable bonds is 3. The van der Waals surface area contributed by atoms with Gasteiger partial charge in [-0.2, -0.15) is 0 Å². The van der Waals surface area contributed by atoms with E-state index in [4.69, 9.17) is 4.98 Å². The molecule has 24 heavy (non-hydrogen) atoms. The summed E-state index contributed by atoms with van der Waals surface area (Å²) in [5, 5.41) is 1.07. The number of fused-ring (bicyclic) bond motifs is 2. The summed E-state index contributed by atoms with van der Waals surface area (Å²) in [4.78, 5) is 11.1. The van der Waals surface area contributed by atoms with Crippen molar-refractivity contribution < 1.29 is 0 Å². The van der Waals surface area contributed by atoms with Gasteiger partial charge in [0.25, 0.3) is 0 Å². The Labute approximate surface area is 149 Å². The lowest BCUT2D eigenvalue weighted by molar-refractivity contribution is 0.127. The number of hydrogen-bond acceptors (Lipinski definition) is 4. The molecule has 2 atom stereocenters. The Kier molecular flexibility index (Phi) is 4.76. The molecule has 0 spiro atoms. The van der Waals surface area contributed by atoms with Gasteiger partial charge in [0.1, 0.15) is 5.03 Å². The van der Waals surface area contributed by atoms with Crippen LogP contribution in [0.4, 0.5) is 5.69 Å². The molecule has 2 aliphatic rings. The number of pyridine rings is 1. The van der Waals surface area contributed by atoms with Crippen LogP contribution in [0.1, 0.15) is 25.7 Å². The molecule has 0 saturated carbocycles. The molecule has 0 radical (unpaired) electrons. The van der Waals surface area contributed by atoms with Crippen molar-refractivity contribution in [3.05, 3.63) is 48.7 Å². The second-order valence-electron chi connectivity index (χ2n) is 6.91. The van der Waals surface area contributed by atoms with E-state index in [9.17, 15) is 0 Å². The molecular weight excluding hydrogens is 314 g/mol. The van der Waals surface area contributed by atoms with E-state index in [-0.39, 0.29) is 0 Å². The van der Waals surface area contributed by atoms with E-state index in [1.165, 1.54) is 36.3 Å². The fourth-order valence-corrected chi connectivity index (χ4v) is 4.75. The molecule has 1 aromatic heterocycles. The van der Waals surface area contributed by atoms with E-state index in [1.807, 2.05) is 6.07 Å². The number of likely N-dealkylation sites (N-methyl/N-ethyl adjacent to an activating group) is 1. The van der Waals surface area contributed by atoms with Gasteiger partial charge < -0.3 is 4.90 Å². The molecule has 1 aromatic carbocycles. The fraction of sp³-hybridized carbons (Fsp3) is 0.450. The van der Waals surface area contributed by atoms with E-state index in [0.717, 1.165) is 24.2 Å². The Morgan fingerprint density at radius 2 is 1.83 bits per heavy atom. The number of aromatic nitrogens is 1. The maximum Gasteiger partial charge on any atom is 0.101 e. The quantitative estimate of drug-likeness (QED) is 0.830. The molecule has 126 valence electrons. The van der Waals surface area contributed by atoms with Crippen molar-refractivity contribution in [2.45, 2.75) is 47.7 Å². The SMILES string of the molecule is CN1C2CCCC1CN(c1ccc(Sc3ccccc3)nc1)CC2. The van der Waals surface area contributed by atoms with Gasteiger partial charge in [0, 0.05) is 30.1 Å². The predicted molar refractivity (Wildman–Crippen MR) is 101 cm³/mol. The van der Waals surface area contributed by atoms with E-state index >= 15 is 0 Å². The van der Waals surface area contributed by atoms with Gasteiger partial charge in [0.15, 0.2) is 0 Å². The van der Waals surface area contributed by atoms with Gasteiger partial charge in [-0.05, 0) is 50.6 Å². The standard InChI is InChI=1S/C20H25N3S/c1-22-16-6-5-7-18(22)15-23(13-12-16)17-10-11-20(21-14-17)24-19-8-3-2-4-9-19/h2-4,8-11,14,16,18H,5-7,12-13,15H2,1H3. The molecule has 2 aliphatic heterocycles. The largest absolute Gasteiger partial charge is 0.369 e. The molecular formula is C20H25N3S. The lowest BCUT2D eigenvalue weighted by Crippen LogP contribution is -2.45. The Morgan fingerprint density at radius 1 is 1.00 bits per heavy atom. The fourth-order valence-electron chi connectivity index (χ4n) is 3.98. The summed E-state index contributed by atoms with van der Waals surface area (Å²) in [7, 11) is 2.32. The van der Waals surface area contributed by atoms with E-state index in [2.05, 4.69) is 59.4 Å². The maximum absolute atomic E-state index is 4.69. The topological polar surface area (TPSA) is 19.4 Å². The minimum Gasteiger partial charge on any atom is -0.369 e. The van der Waals surface area contributed by atoms with E-state index in [0.29, 0.717) is 6.04 Å². The molecule has 2 fully saturated rings. The number of piperidine rings is 1. The summed E-state index contributed by atoms with van der Waals surface area (Å²) in [5.41, 5.74) is 1.27. The number of nitrogens with zero attached hydrogens (tertiary/aromatic N) is 3. The second-order valence-corrected chi connectivity index (χ2v) is 8.00. The smallest absolute Gasteiger partial charge is 0.101 e. The summed E-state index contributed by atoms with van der Waals surface area (Å²) in [6, 6.07) is 16.3. The van der Waals surface area contributed by atoms with Crippen molar-refractivity contribution in [3.8, 4) is 0 Å². The van der Waals surface area contributed by atoms with Crippen LogP contribution in [0.2, 0.25) is 0 Å². The Bertz CT molecular complexity index is 658. The van der Waals surface area contributed by atoms with Crippen LogP contribution in [0.3, 0.4) is 0 Å². The lowest BCUT2D eigenvalue weighted by atomic mass is 9.96. The Balaban J connectivity index is 1.46. The van der Waals surface area contributed by atoms with Gasteiger partial charge in [-0.1, -0.05) is 36.4 Å². The van der Waals surface area contributed by atoms with Crippen LogP contribution in [-0.4, -0.2) is 42.1 Å². The van der Waals surface area contributed by atoms with Crippen molar-refractivity contribution in [2.24, 2.45) is 0 Å². The highest BCUT2D eigenvalue weighted by Crippen LogP contribution is 2.31. The zero-order chi connectivity index (χ0) is 16.4. The molecule has 3 heterocycles. The summed E-state index contributed by atoms with van der Waals surface area (Å²) < 4.78 is 0. The minimum atomic E-state index is 0.699. The highest BCUT2D eigenvalue weighted by atomic mass is 32.2. The zero-order valence-corrected chi connectivity index (χ0v) is 15.1. The average molecular weight is 340 g/mol. The third-order valence-electron chi connectivity index (χ3n) is 5.44. The Hall–Kier alpha value is -1.52. The predicted octanol–water partition coefficient (Wildman–Crippen LogP) is 4.30. The molecule has 0 amide bonds. The summed E-state index contributed by atoms with van der Waals surface area (Å²) >= 11 is 1.73. The third-order valence-corrected chi connectivity index (χ3v) is 6.40. The van der Waals surface area contributed by atoms with Crippen molar-refractivity contribution >= 4 is 17.4 Å². The van der Waals surface area contributed by atoms with Gasteiger partial charge in [-0.15, -0.1) is 0 Å². The van der Waals surface area contributed by atoms with Gasteiger partial charge in [-0.3, -0.25) is 4.90 Å². The first kappa shape index (κ1) is 16.0. The van der Waals surface area contributed by atoms with Crippen LogP contribution in [-0.2, 0) is 0 Å². The van der Waals surface area contributed by atoms with Crippen molar-refractivity contribution in [3.63, 3.8) is 0 Å². The van der Waals surface area contributed by atoms with Crippen molar-refractivity contribution in [1.29, 1.82) is 0 Å². The van der Waals surface area contributed by atoms with E-state index in [1.54, 1.807) is 11.8 Å². The van der Waals surface area contributed by atoms with Crippen LogP contribution < -0.4 is 4.90 Å². The Morgan fingerprint density at radius 3 is 2.62 bits per heavy atom. The van der Waals surface area contributed by atoms with Gasteiger partial charge >= 0.3 is 0 Å². The van der Waals surface area contributed by atoms with Crippen LogP contribution in [0.15, 0.2) is 58.6 Å². The average Bonchev–Trinajstić information content (AvgIpc) is 2.71. The first-order chi connectivity index (χ1) is 11.8. The monoisotopic (exact) mass is 339 g/mol. The summed E-state index contributed by atoms with van der Waals surface area (Å²) in [5.74, 6) is 0. The second kappa shape index (κ2) is 7.16. The molecule has 2 bridgehead atoms. The minimum absolute atomic E-state index is 0.699. The molecule has 0 N–H and O–H groups in total. The zero-order valence-electron chi connectivity index (χ0n) is 14.3. The number of hydrogen-bond donors (Lipinski definition) is 0. The van der Waals surface area contributed by atoms with Crippen LogP contribution in [0, 0.1) is 0 Å². The highest BCUT2D eigenvalue weighted by molar-refractivity contribution is 7.99.